The molecule has 1 heterocycles. The van der Waals surface area contributed by atoms with E-state index in [1.807, 2.05) is 68.4 Å². The van der Waals surface area contributed by atoms with Crippen LogP contribution in [0.25, 0.3) is 11.1 Å². The molecule has 0 bridgehead atoms. The van der Waals surface area contributed by atoms with E-state index in [0.29, 0.717) is 18.6 Å². The first-order chi connectivity index (χ1) is 13.4. The number of carbonyl (C=O) groups excluding carboxylic acids is 1. The minimum atomic E-state index is -1.62. The van der Waals surface area contributed by atoms with Gasteiger partial charge in [0.1, 0.15) is 0 Å². The molecule has 28 heavy (non-hydrogen) atoms. The average Bonchev–Trinajstić information content (AvgIpc) is 3.18. The van der Waals surface area contributed by atoms with Crippen molar-refractivity contribution in [1.29, 1.82) is 0 Å². The van der Waals surface area contributed by atoms with Gasteiger partial charge in [-0.15, -0.1) is 0 Å². The molecular formula is C21H25BN2O4. The Hall–Kier alpha value is -2.64. The predicted molar refractivity (Wildman–Crippen MR) is 109 cm³/mol. The van der Waals surface area contributed by atoms with E-state index in [1.165, 1.54) is 0 Å². The zero-order valence-corrected chi connectivity index (χ0v) is 16.1. The standard InChI is InChI=1S/C21H25BN2O4/c1-14(2)11-20(22(26)27)23-21(25)19-13-18(24-28-19)17-10-6-9-16(12-17)15-7-4-3-5-8-15/h3-10,12,14,19-20,26-27H,11,13H2,1-2H3,(H,23,25). The molecule has 2 atom stereocenters. The monoisotopic (exact) mass is 380 g/mol. The molecular weight excluding hydrogens is 355 g/mol. The van der Waals surface area contributed by atoms with Crippen molar-refractivity contribution in [1.82, 2.24) is 5.32 Å². The van der Waals surface area contributed by atoms with Gasteiger partial charge in [-0.25, -0.2) is 0 Å². The molecule has 0 aliphatic carbocycles. The lowest BCUT2D eigenvalue weighted by atomic mass is 9.75. The van der Waals surface area contributed by atoms with Gasteiger partial charge in [0, 0.05) is 12.0 Å². The maximum Gasteiger partial charge on any atom is 0.475 e. The highest BCUT2D eigenvalue weighted by Crippen LogP contribution is 2.23. The molecule has 0 fully saturated rings. The second kappa shape index (κ2) is 9.04. The summed E-state index contributed by atoms with van der Waals surface area (Å²) < 4.78 is 0. The second-order valence-corrected chi connectivity index (χ2v) is 7.44. The van der Waals surface area contributed by atoms with Gasteiger partial charge in [-0.05, 0) is 29.5 Å². The number of carbonyl (C=O) groups is 1. The number of rotatable bonds is 7. The summed E-state index contributed by atoms with van der Waals surface area (Å²) in [5.41, 5.74) is 3.76. The van der Waals surface area contributed by atoms with Gasteiger partial charge in [0.25, 0.3) is 5.91 Å². The Morgan fingerprint density at radius 1 is 1.14 bits per heavy atom. The Morgan fingerprint density at radius 3 is 2.50 bits per heavy atom. The fraction of sp³-hybridized carbons (Fsp3) is 0.333. The summed E-state index contributed by atoms with van der Waals surface area (Å²) in [7, 11) is -1.62. The highest BCUT2D eigenvalue weighted by Gasteiger charge is 2.33. The SMILES string of the molecule is CC(C)CC(NC(=O)C1CC(c2cccc(-c3ccccc3)c2)=NO1)B(O)O. The summed E-state index contributed by atoms with van der Waals surface area (Å²) in [5.74, 6) is -0.914. The van der Waals surface area contributed by atoms with Crippen molar-refractivity contribution in [2.75, 3.05) is 0 Å². The van der Waals surface area contributed by atoms with Crippen molar-refractivity contribution in [2.45, 2.75) is 38.7 Å². The smallest absolute Gasteiger partial charge is 0.426 e. The van der Waals surface area contributed by atoms with E-state index in [0.717, 1.165) is 16.7 Å². The van der Waals surface area contributed by atoms with Crippen LogP contribution in [0.3, 0.4) is 0 Å². The van der Waals surface area contributed by atoms with Gasteiger partial charge in [0.2, 0.25) is 6.10 Å². The number of nitrogens with zero attached hydrogens (tertiary/aromatic N) is 1. The molecule has 0 saturated carbocycles. The Morgan fingerprint density at radius 2 is 1.82 bits per heavy atom. The number of benzene rings is 2. The van der Waals surface area contributed by atoms with Gasteiger partial charge in [-0.1, -0.05) is 67.5 Å². The topological polar surface area (TPSA) is 91.2 Å². The van der Waals surface area contributed by atoms with Crippen molar-refractivity contribution in [3.8, 4) is 11.1 Å². The third-order valence-electron chi connectivity index (χ3n) is 4.68. The lowest BCUT2D eigenvalue weighted by molar-refractivity contribution is -0.131. The summed E-state index contributed by atoms with van der Waals surface area (Å²) in [6.45, 7) is 3.91. The zero-order valence-electron chi connectivity index (χ0n) is 16.1. The first-order valence-corrected chi connectivity index (χ1v) is 9.49. The molecule has 3 N–H and O–H groups in total. The Balaban J connectivity index is 1.66. The van der Waals surface area contributed by atoms with Crippen molar-refractivity contribution in [3.05, 3.63) is 60.2 Å². The van der Waals surface area contributed by atoms with Gasteiger partial charge in [0.05, 0.1) is 11.7 Å². The molecule has 2 aromatic rings. The minimum absolute atomic E-state index is 0.212. The van der Waals surface area contributed by atoms with Crippen molar-refractivity contribution < 1.29 is 19.7 Å². The van der Waals surface area contributed by atoms with Gasteiger partial charge < -0.3 is 20.2 Å². The van der Waals surface area contributed by atoms with Crippen LogP contribution in [0.2, 0.25) is 0 Å². The summed E-state index contributed by atoms with van der Waals surface area (Å²) >= 11 is 0. The molecule has 0 spiro atoms. The van der Waals surface area contributed by atoms with E-state index >= 15 is 0 Å². The van der Waals surface area contributed by atoms with Gasteiger partial charge >= 0.3 is 7.12 Å². The first kappa shape index (κ1) is 20.1. The fourth-order valence-corrected chi connectivity index (χ4v) is 3.24. The van der Waals surface area contributed by atoms with Crippen LogP contribution in [0, 0.1) is 5.92 Å². The number of oxime groups is 1. The average molecular weight is 380 g/mol. The lowest BCUT2D eigenvalue weighted by Crippen LogP contribution is -2.50. The molecule has 0 saturated heterocycles. The van der Waals surface area contributed by atoms with Crippen molar-refractivity contribution in [3.63, 3.8) is 0 Å². The van der Waals surface area contributed by atoms with Crippen LogP contribution in [0.1, 0.15) is 32.3 Å². The number of hydrogen-bond donors (Lipinski definition) is 3. The molecule has 6 nitrogen and oxygen atoms in total. The molecule has 1 aliphatic rings. The van der Waals surface area contributed by atoms with Gasteiger partial charge in [-0.2, -0.15) is 0 Å². The molecule has 1 aliphatic heterocycles. The maximum atomic E-state index is 12.5. The minimum Gasteiger partial charge on any atom is -0.426 e. The first-order valence-electron chi connectivity index (χ1n) is 9.49. The molecule has 7 heteroatoms. The molecule has 0 aromatic heterocycles. The van der Waals surface area contributed by atoms with E-state index in [9.17, 15) is 14.8 Å². The number of hydrogen-bond acceptors (Lipinski definition) is 5. The summed E-state index contributed by atoms with van der Waals surface area (Å²) in [6, 6.07) is 18.0. The van der Waals surface area contributed by atoms with E-state index in [2.05, 4.69) is 10.5 Å². The fourth-order valence-electron chi connectivity index (χ4n) is 3.24. The van der Waals surface area contributed by atoms with E-state index < -0.39 is 25.1 Å². The molecule has 2 unspecified atom stereocenters. The Bertz CT molecular complexity index is 839. The Kier molecular flexibility index (Phi) is 6.49. The Labute approximate surface area is 165 Å². The van der Waals surface area contributed by atoms with Crippen LogP contribution >= 0.6 is 0 Å². The van der Waals surface area contributed by atoms with Crippen molar-refractivity contribution in [2.24, 2.45) is 11.1 Å². The largest absolute Gasteiger partial charge is 0.475 e. The van der Waals surface area contributed by atoms with Crippen LogP contribution < -0.4 is 5.32 Å². The van der Waals surface area contributed by atoms with Crippen LogP contribution in [0.15, 0.2) is 59.8 Å². The van der Waals surface area contributed by atoms with Crippen LogP contribution in [-0.2, 0) is 9.63 Å². The summed E-state index contributed by atoms with van der Waals surface area (Å²) in [4.78, 5) is 17.8. The highest BCUT2D eigenvalue weighted by atomic mass is 16.6. The third-order valence-corrected chi connectivity index (χ3v) is 4.68. The van der Waals surface area contributed by atoms with Gasteiger partial charge in [0.15, 0.2) is 0 Å². The van der Waals surface area contributed by atoms with Crippen LogP contribution in [0.4, 0.5) is 0 Å². The number of nitrogens with one attached hydrogen (secondary N) is 1. The van der Waals surface area contributed by atoms with E-state index in [-0.39, 0.29) is 5.92 Å². The van der Waals surface area contributed by atoms with Crippen LogP contribution in [-0.4, -0.2) is 40.8 Å². The molecule has 146 valence electrons. The molecule has 3 rings (SSSR count). The molecule has 1 amide bonds. The predicted octanol–water partition coefficient (Wildman–Crippen LogP) is 2.39. The van der Waals surface area contributed by atoms with E-state index in [1.54, 1.807) is 0 Å². The normalized spacial score (nSPS) is 17.0. The lowest BCUT2D eigenvalue weighted by Gasteiger charge is -2.20. The quantitative estimate of drug-likeness (QED) is 0.644. The highest BCUT2D eigenvalue weighted by molar-refractivity contribution is 6.43. The van der Waals surface area contributed by atoms with E-state index in [4.69, 9.17) is 4.84 Å². The number of amides is 1. The summed E-state index contributed by atoms with van der Waals surface area (Å²) in [6.07, 6.45) is 0.0203. The van der Waals surface area contributed by atoms with Crippen molar-refractivity contribution >= 4 is 18.7 Å². The van der Waals surface area contributed by atoms with Crippen LogP contribution in [0.5, 0.6) is 0 Å². The third kappa shape index (κ3) is 5.00. The molecule has 0 radical (unpaired) electrons. The van der Waals surface area contributed by atoms with Gasteiger partial charge in [-0.3, -0.25) is 4.79 Å². The second-order valence-electron chi connectivity index (χ2n) is 7.44. The summed E-state index contributed by atoms with van der Waals surface area (Å²) in [5, 5.41) is 25.7. The molecule has 2 aromatic carbocycles. The zero-order chi connectivity index (χ0) is 20.1. The maximum absolute atomic E-state index is 12.5.